The molecule has 4 aromatic rings. The molecule has 0 bridgehead atoms. The van der Waals surface area contributed by atoms with Gasteiger partial charge in [-0.05, 0) is 66.7 Å². The maximum atomic E-state index is 12.5. The SMILES string of the molecule is COc1ccc(C(=O)Nc2ccc(SCC(=O)Nc3nc(-c4ccc(OC)c(OC)c4)cs3)cc2)cc1. The van der Waals surface area contributed by atoms with Gasteiger partial charge >= 0.3 is 0 Å². The molecule has 4 rings (SSSR count). The molecule has 0 atom stereocenters. The van der Waals surface area contributed by atoms with Gasteiger partial charge < -0.3 is 24.8 Å². The molecule has 2 N–H and O–H groups in total. The van der Waals surface area contributed by atoms with Crippen molar-refractivity contribution in [2.45, 2.75) is 4.90 Å². The number of aromatic nitrogens is 1. The fourth-order valence-corrected chi connectivity index (χ4v) is 4.78. The molecular weight excluding hydrogens is 510 g/mol. The monoisotopic (exact) mass is 535 g/mol. The van der Waals surface area contributed by atoms with Gasteiger partial charge in [0.15, 0.2) is 16.6 Å². The van der Waals surface area contributed by atoms with E-state index in [0.717, 1.165) is 16.2 Å². The van der Waals surface area contributed by atoms with Crippen LogP contribution >= 0.6 is 23.1 Å². The standard InChI is InChI=1S/C27H25N3O5S2/c1-33-20-9-4-17(5-10-20)26(32)28-19-7-11-21(12-8-19)36-16-25(31)30-27-29-22(15-37-27)18-6-13-23(34-2)24(14-18)35-3/h4-15H,16H2,1-3H3,(H,28,32)(H,29,30,31). The largest absolute Gasteiger partial charge is 0.497 e. The minimum Gasteiger partial charge on any atom is -0.497 e. The van der Waals surface area contributed by atoms with Crippen LogP contribution in [0.25, 0.3) is 11.3 Å². The first-order valence-corrected chi connectivity index (χ1v) is 13.0. The highest BCUT2D eigenvalue weighted by atomic mass is 32.2. The molecule has 0 radical (unpaired) electrons. The average Bonchev–Trinajstić information content (AvgIpc) is 3.40. The molecule has 1 aromatic heterocycles. The van der Waals surface area contributed by atoms with Crippen LogP contribution in [0.15, 0.2) is 77.0 Å². The van der Waals surface area contributed by atoms with Gasteiger partial charge in [-0.2, -0.15) is 0 Å². The van der Waals surface area contributed by atoms with E-state index in [4.69, 9.17) is 14.2 Å². The van der Waals surface area contributed by atoms with E-state index >= 15 is 0 Å². The Balaban J connectivity index is 1.28. The number of methoxy groups -OCH3 is 3. The molecule has 190 valence electrons. The lowest BCUT2D eigenvalue weighted by Gasteiger charge is -2.08. The molecule has 37 heavy (non-hydrogen) atoms. The Bertz CT molecular complexity index is 1370. The minimum absolute atomic E-state index is 0.157. The van der Waals surface area contributed by atoms with Crippen molar-refractivity contribution in [1.29, 1.82) is 0 Å². The molecule has 3 aromatic carbocycles. The van der Waals surface area contributed by atoms with Gasteiger partial charge in [0.25, 0.3) is 5.91 Å². The Morgan fingerprint density at radius 2 is 1.59 bits per heavy atom. The van der Waals surface area contributed by atoms with Crippen molar-refractivity contribution < 1.29 is 23.8 Å². The molecule has 2 amide bonds. The Morgan fingerprint density at radius 3 is 2.27 bits per heavy atom. The second kappa shape index (κ2) is 12.3. The van der Waals surface area contributed by atoms with E-state index < -0.39 is 0 Å². The fraction of sp³-hybridized carbons (Fsp3) is 0.148. The van der Waals surface area contributed by atoms with Crippen LogP contribution in [0.4, 0.5) is 10.8 Å². The maximum absolute atomic E-state index is 12.5. The van der Waals surface area contributed by atoms with E-state index in [9.17, 15) is 9.59 Å². The predicted molar refractivity (Wildman–Crippen MR) is 147 cm³/mol. The van der Waals surface area contributed by atoms with Crippen LogP contribution < -0.4 is 24.8 Å². The highest BCUT2D eigenvalue weighted by Gasteiger charge is 2.12. The van der Waals surface area contributed by atoms with Gasteiger partial charge in [0.1, 0.15) is 5.75 Å². The number of thioether (sulfide) groups is 1. The molecule has 0 fully saturated rings. The summed E-state index contributed by atoms with van der Waals surface area (Å²) < 4.78 is 15.7. The van der Waals surface area contributed by atoms with Gasteiger partial charge in [0.2, 0.25) is 5.91 Å². The molecule has 0 aliphatic rings. The topological polar surface area (TPSA) is 98.8 Å². The van der Waals surface area contributed by atoms with Crippen molar-refractivity contribution in [3.05, 3.63) is 77.7 Å². The Kier molecular flexibility index (Phi) is 8.65. The van der Waals surface area contributed by atoms with E-state index in [1.165, 1.54) is 23.1 Å². The lowest BCUT2D eigenvalue weighted by Crippen LogP contribution is -2.13. The van der Waals surface area contributed by atoms with Crippen LogP contribution in [-0.2, 0) is 4.79 Å². The normalized spacial score (nSPS) is 10.5. The highest BCUT2D eigenvalue weighted by Crippen LogP contribution is 2.33. The molecule has 10 heteroatoms. The number of ether oxygens (including phenoxy) is 3. The zero-order valence-corrected chi connectivity index (χ0v) is 22.1. The van der Waals surface area contributed by atoms with Crippen LogP contribution in [-0.4, -0.2) is 43.9 Å². The minimum atomic E-state index is -0.210. The number of anilines is 2. The number of nitrogens with one attached hydrogen (secondary N) is 2. The van der Waals surface area contributed by atoms with E-state index in [-0.39, 0.29) is 17.6 Å². The summed E-state index contributed by atoms with van der Waals surface area (Å²) in [6.45, 7) is 0. The summed E-state index contributed by atoms with van der Waals surface area (Å²) in [5.41, 5.74) is 2.80. The number of nitrogens with zero attached hydrogens (tertiary/aromatic N) is 1. The number of benzene rings is 3. The summed E-state index contributed by atoms with van der Waals surface area (Å²) in [5.74, 6) is 1.80. The second-order valence-electron chi connectivity index (χ2n) is 7.65. The fourth-order valence-electron chi connectivity index (χ4n) is 3.34. The van der Waals surface area contributed by atoms with Gasteiger partial charge in [-0.25, -0.2) is 4.98 Å². The molecule has 0 aliphatic heterocycles. The Morgan fingerprint density at radius 1 is 0.865 bits per heavy atom. The van der Waals surface area contributed by atoms with Gasteiger partial charge in [0, 0.05) is 27.1 Å². The molecular formula is C27H25N3O5S2. The Labute approximate surface area is 223 Å². The average molecular weight is 536 g/mol. The quantitative estimate of drug-likeness (QED) is 0.247. The zero-order chi connectivity index (χ0) is 26.2. The first kappa shape index (κ1) is 26.1. The van der Waals surface area contributed by atoms with E-state index in [1.54, 1.807) is 57.7 Å². The summed E-state index contributed by atoms with van der Waals surface area (Å²) in [6.07, 6.45) is 0. The molecule has 0 saturated carbocycles. The molecule has 0 saturated heterocycles. The first-order chi connectivity index (χ1) is 18.0. The molecule has 0 unspecified atom stereocenters. The first-order valence-electron chi connectivity index (χ1n) is 11.1. The number of amides is 2. The second-order valence-corrected chi connectivity index (χ2v) is 9.56. The van der Waals surface area contributed by atoms with Gasteiger partial charge in [-0.1, -0.05) is 0 Å². The molecule has 0 spiro atoms. The van der Waals surface area contributed by atoms with Crippen LogP contribution in [0.1, 0.15) is 10.4 Å². The van der Waals surface area contributed by atoms with Crippen molar-refractivity contribution in [1.82, 2.24) is 4.98 Å². The number of rotatable bonds is 10. The number of hydrogen-bond donors (Lipinski definition) is 2. The summed E-state index contributed by atoms with van der Waals surface area (Å²) in [5, 5.41) is 8.10. The van der Waals surface area contributed by atoms with Gasteiger partial charge in [0.05, 0.1) is 32.8 Å². The Hall–Kier alpha value is -4.02. The highest BCUT2D eigenvalue weighted by molar-refractivity contribution is 8.00. The third-order valence-corrected chi connectivity index (χ3v) is 7.03. The molecule has 1 heterocycles. The van der Waals surface area contributed by atoms with Crippen molar-refractivity contribution in [3.8, 4) is 28.5 Å². The van der Waals surface area contributed by atoms with Crippen molar-refractivity contribution >= 4 is 45.7 Å². The molecule has 0 aliphatic carbocycles. The van der Waals surface area contributed by atoms with E-state index in [1.807, 2.05) is 35.7 Å². The lowest BCUT2D eigenvalue weighted by molar-refractivity contribution is -0.113. The van der Waals surface area contributed by atoms with Crippen molar-refractivity contribution in [2.75, 3.05) is 37.7 Å². The summed E-state index contributed by atoms with van der Waals surface area (Å²) in [7, 11) is 4.75. The van der Waals surface area contributed by atoms with Crippen LogP contribution in [0.5, 0.6) is 17.2 Å². The maximum Gasteiger partial charge on any atom is 0.255 e. The van der Waals surface area contributed by atoms with Crippen molar-refractivity contribution in [3.63, 3.8) is 0 Å². The van der Waals surface area contributed by atoms with Crippen molar-refractivity contribution in [2.24, 2.45) is 0 Å². The van der Waals surface area contributed by atoms with Gasteiger partial charge in [-0.3, -0.25) is 9.59 Å². The van der Waals surface area contributed by atoms with Crippen LogP contribution in [0, 0.1) is 0 Å². The predicted octanol–water partition coefficient (Wildman–Crippen LogP) is 5.82. The number of carbonyl (C=O) groups is 2. The van der Waals surface area contributed by atoms with Gasteiger partial charge in [-0.15, -0.1) is 23.1 Å². The smallest absolute Gasteiger partial charge is 0.255 e. The summed E-state index contributed by atoms with van der Waals surface area (Å²) in [4.78, 5) is 30.3. The number of carbonyl (C=O) groups excluding carboxylic acids is 2. The number of hydrogen-bond acceptors (Lipinski definition) is 8. The molecule has 8 nitrogen and oxygen atoms in total. The van der Waals surface area contributed by atoms with Crippen LogP contribution in [0.3, 0.4) is 0 Å². The third kappa shape index (κ3) is 6.81. The van der Waals surface area contributed by atoms with E-state index in [2.05, 4.69) is 15.6 Å². The summed E-state index contributed by atoms with van der Waals surface area (Å²) >= 11 is 2.75. The zero-order valence-electron chi connectivity index (χ0n) is 20.4. The third-order valence-electron chi connectivity index (χ3n) is 5.26. The van der Waals surface area contributed by atoms with E-state index in [0.29, 0.717) is 33.6 Å². The summed E-state index contributed by atoms with van der Waals surface area (Å²) in [6, 6.07) is 19.8. The van der Waals surface area contributed by atoms with Crippen LogP contribution in [0.2, 0.25) is 0 Å². The number of thiazole rings is 1. The lowest BCUT2D eigenvalue weighted by atomic mass is 10.1.